The maximum Gasteiger partial charge on any atom is 0.213 e. The molecule has 1 heterocycles. The van der Waals surface area contributed by atoms with Crippen molar-refractivity contribution in [2.45, 2.75) is 0 Å². The molecule has 0 atom stereocenters. The van der Waals surface area contributed by atoms with Gasteiger partial charge in [0.15, 0.2) is 5.13 Å². The molecule has 1 aromatic heterocycles. The lowest BCUT2D eigenvalue weighted by Crippen LogP contribution is -1.91. The standard InChI is InChI=1S/C10H8N2O2S/c13-6-11-10-12-9(5-15-10)7-1-3-8(14)4-2-7/h1-6,14H,(H,11,12,13). The Bertz CT molecular complexity index is 465. The largest absolute Gasteiger partial charge is 0.508 e. The third-order valence-electron chi connectivity index (χ3n) is 1.85. The molecule has 0 fully saturated rings. The highest BCUT2D eigenvalue weighted by Gasteiger charge is 2.03. The Labute approximate surface area is 90.2 Å². The molecule has 0 bridgehead atoms. The van der Waals surface area contributed by atoms with Gasteiger partial charge in [-0.25, -0.2) is 4.98 Å². The number of benzene rings is 1. The zero-order chi connectivity index (χ0) is 10.7. The summed E-state index contributed by atoms with van der Waals surface area (Å²) < 4.78 is 0. The first-order valence-electron chi connectivity index (χ1n) is 4.25. The first-order chi connectivity index (χ1) is 7.29. The van der Waals surface area contributed by atoms with Crippen LogP contribution < -0.4 is 5.32 Å². The molecule has 1 amide bonds. The van der Waals surface area contributed by atoms with E-state index in [4.69, 9.17) is 5.11 Å². The number of carbonyl (C=O) groups excluding carboxylic acids is 1. The highest BCUT2D eigenvalue weighted by atomic mass is 32.1. The predicted molar refractivity (Wildman–Crippen MR) is 58.9 cm³/mol. The van der Waals surface area contributed by atoms with Crippen molar-refractivity contribution in [2.24, 2.45) is 0 Å². The fraction of sp³-hybridized carbons (Fsp3) is 0. The Balaban J connectivity index is 2.28. The number of thiazole rings is 1. The third kappa shape index (κ3) is 2.13. The van der Waals surface area contributed by atoms with E-state index in [-0.39, 0.29) is 5.75 Å². The van der Waals surface area contributed by atoms with Crippen LogP contribution in [0.3, 0.4) is 0 Å². The van der Waals surface area contributed by atoms with Gasteiger partial charge in [0.2, 0.25) is 6.41 Å². The summed E-state index contributed by atoms with van der Waals surface area (Å²) in [5.74, 6) is 0.222. The molecule has 0 saturated heterocycles. The molecule has 76 valence electrons. The Morgan fingerprint density at radius 2 is 2.07 bits per heavy atom. The number of rotatable bonds is 3. The van der Waals surface area contributed by atoms with Crippen LogP contribution >= 0.6 is 11.3 Å². The Kier molecular flexibility index (Phi) is 2.64. The summed E-state index contributed by atoms with van der Waals surface area (Å²) in [5, 5.41) is 14.0. The quantitative estimate of drug-likeness (QED) is 0.778. The average Bonchev–Trinajstić information content (AvgIpc) is 2.68. The van der Waals surface area contributed by atoms with Crippen molar-refractivity contribution >= 4 is 22.9 Å². The molecule has 2 rings (SSSR count). The zero-order valence-electron chi connectivity index (χ0n) is 7.68. The van der Waals surface area contributed by atoms with Crippen molar-refractivity contribution in [3.63, 3.8) is 0 Å². The van der Waals surface area contributed by atoms with Gasteiger partial charge in [0.25, 0.3) is 0 Å². The molecule has 2 N–H and O–H groups in total. The van der Waals surface area contributed by atoms with E-state index in [0.717, 1.165) is 11.3 Å². The zero-order valence-corrected chi connectivity index (χ0v) is 8.49. The topological polar surface area (TPSA) is 62.2 Å². The van der Waals surface area contributed by atoms with Crippen LogP contribution in [-0.4, -0.2) is 16.5 Å². The maximum atomic E-state index is 10.2. The normalized spacial score (nSPS) is 9.87. The fourth-order valence-corrected chi connectivity index (χ4v) is 1.83. The van der Waals surface area contributed by atoms with E-state index < -0.39 is 0 Å². The summed E-state index contributed by atoms with van der Waals surface area (Å²) in [5.41, 5.74) is 1.69. The van der Waals surface area contributed by atoms with Crippen molar-refractivity contribution in [2.75, 3.05) is 5.32 Å². The number of phenolic OH excluding ortho intramolecular Hbond substituents is 1. The Morgan fingerprint density at radius 3 is 2.73 bits per heavy atom. The average molecular weight is 220 g/mol. The molecule has 0 aliphatic rings. The van der Waals surface area contributed by atoms with Crippen LogP contribution in [0.5, 0.6) is 5.75 Å². The van der Waals surface area contributed by atoms with E-state index in [1.807, 2.05) is 5.38 Å². The summed E-state index contributed by atoms with van der Waals surface area (Å²) in [6, 6.07) is 6.74. The minimum atomic E-state index is 0.222. The van der Waals surface area contributed by atoms with Crippen LogP contribution in [0, 0.1) is 0 Å². The number of aromatic hydroxyl groups is 1. The van der Waals surface area contributed by atoms with Gasteiger partial charge >= 0.3 is 0 Å². The Morgan fingerprint density at radius 1 is 1.33 bits per heavy atom. The molecule has 0 radical (unpaired) electrons. The SMILES string of the molecule is O=CNc1nc(-c2ccc(O)cc2)cs1. The van der Waals surface area contributed by atoms with Crippen molar-refractivity contribution < 1.29 is 9.90 Å². The van der Waals surface area contributed by atoms with Crippen LogP contribution in [0.1, 0.15) is 0 Å². The molecule has 0 aliphatic carbocycles. The van der Waals surface area contributed by atoms with Gasteiger partial charge in [-0.05, 0) is 24.3 Å². The van der Waals surface area contributed by atoms with Crippen molar-refractivity contribution in [1.29, 1.82) is 0 Å². The number of carbonyl (C=O) groups is 1. The monoisotopic (exact) mass is 220 g/mol. The van der Waals surface area contributed by atoms with Crippen LogP contribution in [0.25, 0.3) is 11.3 Å². The van der Waals surface area contributed by atoms with E-state index in [2.05, 4.69) is 10.3 Å². The summed E-state index contributed by atoms with van der Waals surface area (Å²) in [4.78, 5) is 14.4. The smallest absolute Gasteiger partial charge is 0.213 e. The second-order valence-electron chi connectivity index (χ2n) is 2.85. The molecule has 0 saturated carbocycles. The number of phenols is 1. The van der Waals surface area contributed by atoms with Crippen LogP contribution in [-0.2, 0) is 4.79 Å². The number of anilines is 1. The summed E-state index contributed by atoms with van der Waals surface area (Å²) >= 11 is 1.36. The first kappa shape index (κ1) is 9.67. The molecule has 4 nitrogen and oxygen atoms in total. The molecular weight excluding hydrogens is 212 g/mol. The number of hydrogen-bond donors (Lipinski definition) is 2. The predicted octanol–water partition coefficient (Wildman–Crippen LogP) is 2.08. The highest BCUT2D eigenvalue weighted by Crippen LogP contribution is 2.25. The molecular formula is C10H8N2O2S. The molecule has 15 heavy (non-hydrogen) atoms. The van der Waals surface area contributed by atoms with Gasteiger partial charge < -0.3 is 10.4 Å². The lowest BCUT2D eigenvalue weighted by molar-refractivity contribution is -0.105. The third-order valence-corrected chi connectivity index (χ3v) is 2.62. The van der Waals surface area contributed by atoms with Gasteiger partial charge in [0, 0.05) is 10.9 Å². The van der Waals surface area contributed by atoms with E-state index >= 15 is 0 Å². The molecule has 0 spiro atoms. The fourth-order valence-electron chi connectivity index (χ4n) is 1.16. The summed E-state index contributed by atoms with van der Waals surface area (Å²) in [6.45, 7) is 0. The van der Waals surface area contributed by atoms with Crippen molar-refractivity contribution in [3.05, 3.63) is 29.6 Å². The van der Waals surface area contributed by atoms with Gasteiger partial charge in [-0.3, -0.25) is 4.79 Å². The minimum Gasteiger partial charge on any atom is -0.508 e. The van der Waals surface area contributed by atoms with E-state index in [1.165, 1.54) is 11.3 Å². The Hall–Kier alpha value is -1.88. The van der Waals surface area contributed by atoms with Gasteiger partial charge in [-0.1, -0.05) is 0 Å². The van der Waals surface area contributed by atoms with Gasteiger partial charge in [-0.15, -0.1) is 11.3 Å². The molecule has 5 heteroatoms. The van der Waals surface area contributed by atoms with Gasteiger partial charge in [0.1, 0.15) is 5.75 Å². The highest BCUT2D eigenvalue weighted by molar-refractivity contribution is 7.14. The lowest BCUT2D eigenvalue weighted by Gasteiger charge is -1.96. The number of nitrogens with zero attached hydrogens (tertiary/aromatic N) is 1. The van der Waals surface area contributed by atoms with Gasteiger partial charge in [0.05, 0.1) is 5.69 Å². The number of hydrogen-bond acceptors (Lipinski definition) is 4. The van der Waals surface area contributed by atoms with E-state index in [1.54, 1.807) is 24.3 Å². The second kappa shape index (κ2) is 4.10. The molecule has 0 aliphatic heterocycles. The van der Waals surface area contributed by atoms with Crippen LogP contribution in [0.15, 0.2) is 29.6 Å². The summed E-state index contributed by atoms with van der Waals surface area (Å²) in [6.07, 6.45) is 0.597. The maximum absolute atomic E-state index is 10.2. The van der Waals surface area contributed by atoms with Crippen LogP contribution in [0.4, 0.5) is 5.13 Å². The van der Waals surface area contributed by atoms with Crippen LogP contribution in [0.2, 0.25) is 0 Å². The lowest BCUT2D eigenvalue weighted by atomic mass is 10.2. The second-order valence-corrected chi connectivity index (χ2v) is 3.71. The minimum absolute atomic E-state index is 0.222. The number of aromatic nitrogens is 1. The number of nitrogens with one attached hydrogen (secondary N) is 1. The van der Waals surface area contributed by atoms with Crippen molar-refractivity contribution in [1.82, 2.24) is 4.98 Å². The summed E-state index contributed by atoms with van der Waals surface area (Å²) in [7, 11) is 0. The van der Waals surface area contributed by atoms with Crippen molar-refractivity contribution in [3.8, 4) is 17.0 Å². The molecule has 0 unspecified atom stereocenters. The molecule has 1 aromatic carbocycles. The van der Waals surface area contributed by atoms with Gasteiger partial charge in [-0.2, -0.15) is 0 Å². The molecule has 2 aromatic rings. The van der Waals surface area contributed by atoms with E-state index in [9.17, 15) is 4.79 Å². The van der Waals surface area contributed by atoms with E-state index in [0.29, 0.717) is 11.5 Å². The first-order valence-corrected chi connectivity index (χ1v) is 5.12. The number of amides is 1.